The number of sulfonamides is 1. The lowest BCUT2D eigenvalue weighted by atomic mass is 10.1. The van der Waals surface area contributed by atoms with Gasteiger partial charge in [0.15, 0.2) is 11.5 Å². The fraction of sp³-hybridized carbons (Fsp3) is 0.375. The molecule has 0 aliphatic carbocycles. The third-order valence-electron chi connectivity index (χ3n) is 5.32. The molecule has 0 fully saturated rings. The lowest BCUT2D eigenvalue weighted by molar-refractivity contribution is -0.126. The van der Waals surface area contributed by atoms with E-state index >= 15 is 0 Å². The third-order valence-corrected chi connectivity index (χ3v) is 7.38. The maximum atomic E-state index is 12.7. The first kappa shape index (κ1) is 23.8. The normalized spacial score (nSPS) is 13.5. The maximum absolute atomic E-state index is 12.7. The molecule has 0 aromatic heterocycles. The first-order valence-electron chi connectivity index (χ1n) is 10.8. The van der Waals surface area contributed by atoms with Crippen LogP contribution in [0.4, 0.5) is 0 Å². The molecule has 0 spiro atoms. The Balaban J connectivity index is 1.66. The Hall–Kier alpha value is -2.84. The minimum absolute atomic E-state index is 0.123. The number of amides is 1. The fourth-order valence-corrected chi connectivity index (χ4v) is 4.95. The average Bonchev–Trinajstić information content (AvgIpc) is 2.81. The highest BCUT2D eigenvalue weighted by Crippen LogP contribution is 2.31. The van der Waals surface area contributed by atoms with E-state index in [0.717, 1.165) is 16.9 Å². The summed E-state index contributed by atoms with van der Waals surface area (Å²) in [6.07, 6.45) is 3.21. The highest BCUT2D eigenvalue weighted by atomic mass is 32.2. The minimum atomic E-state index is -3.49. The second-order valence-corrected chi connectivity index (χ2v) is 9.26. The van der Waals surface area contributed by atoms with Crippen LogP contribution in [0.1, 0.15) is 31.9 Å². The monoisotopic (exact) mass is 458 g/mol. The van der Waals surface area contributed by atoms with Crippen molar-refractivity contribution in [2.45, 2.75) is 32.2 Å². The molecule has 1 aliphatic rings. The molecule has 32 heavy (non-hydrogen) atoms. The van der Waals surface area contributed by atoms with Gasteiger partial charge in [-0.05, 0) is 48.4 Å². The van der Waals surface area contributed by atoms with Crippen LogP contribution in [-0.2, 0) is 21.4 Å². The quantitative estimate of drug-likeness (QED) is 0.537. The number of carbonyl (C=O) groups is 1. The number of nitrogens with zero attached hydrogens (tertiary/aromatic N) is 2. The molecule has 1 heterocycles. The van der Waals surface area contributed by atoms with Gasteiger partial charge < -0.3 is 14.4 Å². The minimum Gasteiger partial charge on any atom is -0.486 e. The van der Waals surface area contributed by atoms with Crippen molar-refractivity contribution >= 4 is 22.0 Å². The van der Waals surface area contributed by atoms with E-state index in [1.165, 1.54) is 10.4 Å². The van der Waals surface area contributed by atoms with Crippen molar-refractivity contribution in [1.82, 2.24) is 9.21 Å². The highest BCUT2D eigenvalue weighted by Gasteiger charge is 2.21. The van der Waals surface area contributed by atoms with Crippen LogP contribution >= 0.6 is 0 Å². The molecule has 0 bridgehead atoms. The van der Waals surface area contributed by atoms with E-state index in [9.17, 15) is 13.2 Å². The molecule has 1 amide bonds. The number of benzene rings is 2. The molecular weight excluding hydrogens is 428 g/mol. The molecule has 0 radical (unpaired) electrons. The van der Waals surface area contributed by atoms with Crippen LogP contribution in [0.5, 0.6) is 11.5 Å². The Kier molecular flexibility index (Phi) is 7.93. The molecule has 3 rings (SSSR count). The predicted molar refractivity (Wildman–Crippen MR) is 124 cm³/mol. The van der Waals surface area contributed by atoms with Crippen LogP contribution in [0.25, 0.3) is 6.08 Å². The lowest BCUT2D eigenvalue weighted by Gasteiger charge is -2.22. The van der Waals surface area contributed by atoms with Gasteiger partial charge in [-0.3, -0.25) is 4.79 Å². The molecule has 1 aliphatic heterocycles. The molecular formula is C24H30N2O5S. The van der Waals surface area contributed by atoms with Gasteiger partial charge in [0, 0.05) is 32.3 Å². The van der Waals surface area contributed by atoms with Crippen molar-refractivity contribution in [1.29, 1.82) is 0 Å². The number of fused-ring (bicyclic) bond motifs is 1. The standard InChI is InChI=1S/C24H30N2O5S/c1-4-25(18-20-9-13-22-23(17-20)31-16-15-30-22)24(27)14-10-19-7-11-21(12-8-19)32(28,29)26(5-2)6-3/h7-14,17H,4-6,15-16,18H2,1-3H3/b14-10+. The molecule has 172 valence electrons. The van der Waals surface area contributed by atoms with Gasteiger partial charge in [0.05, 0.1) is 4.90 Å². The molecule has 8 heteroatoms. The number of hydrogen-bond acceptors (Lipinski definition) is 5. The number of carbonyl (C=O) groups excluding carboxylic acids is 1. The van der Waals surface area contributed by atoms with Gasteiger partial charge in [-0.15, -0.1) is 0 Å². The van der Waals surface area contributed by atoms with E-state index in [-0.39, 0.29) is 10.8 Å². The number of likely N-dealkylation sites (N-methyl/N-ethyl adjacent to an activating group) is 1. The third kappa shape index (κ3) is 5.49. The van der Waals surface area contributed by atoms with Crippen molar-refractivity contribution in [3.63, 3.8) is 0 Å². The zero-order chi connectivity index (χ0) is 23.1. The van der Waals surface area contributed by atoms with E-state index < -0.39 is 10.0 Å². The number of ether oxygens (including phenoxy) is 2. The Morgan fingerprint density at radius 2 is 1.59 bits per heavy atom. The summed E-state index contributed by atoms with van der Waals surface area (Å²) in [5, 5.41) is 0. The zero-order valence-corrected chi connectivity index (χ0v) is 19.6. The average molecular weight is 459 g/mol. The highest BCUT2D eigenvalue weighted by molar-refractivity contribution is 7.89. The largest absolute Gasteiger partial charge is 0.486 e. The Bertz CT molecular complexity index is 1060. The van der Waals surface area contributed by atoms with Gasteiger partial charge in [0.25, 0.3) is 0 Å². The van der Waals surface area contributed by atoms with Crippen LogP contribution in [0, 0.1) is 0 Å². The Morgan fingerprint density at radius 1 is 0.938 bits per heavy atom. The zero-order valence-electron chi connectivity index (χ0n) is 18.8. The smallest absolute Gasteiger partial charge is 0.246 e. The summed E-state index contributed by atoms with van der Waals surface area (Å²) >= 11 is 0. The van der Waals surface area contributed by atoms with Gasteiger partial charge in [-0.1, -0.05) is 32.0 Å². The van der Waals surface area contributed by atoms with Gasteiger partial charge in [-0.2, -0.15) is 4.31 Å². The van der Waals surface area contributed by atoms with Crippen molar-refractivity contribution in [2.24, 2.45) is 0 Å². The molecule has 0 unspecified atom stereocenters. The summed E-state index contributed by atoms with van der Waals surface area (Å²) in [4.78, 5) is 14.7. The summed E-state index contributed by atoms with van der Waals surface area (Å²) in [6, 6.07) is 12.3. The van der Waals surface area contributed by atoms with Gasteiger partial charge in [-0.25, -0.2) is 8.42 Å². The van der Waals surface area contributed by atoms with Crippen LogP contribution in [-0.4, -0.2) is 56.4 Å². The molecule has 0 atom stereocenters. The molecule has 0 N–H and O–H groups in total. The first-order chi connectivity index (χ1) is 15.4. The summed E-state index contributed by atoms with van der Waals surface area (Å²) < 4.78 is 37.8. The summed E-state index contributed by atoms with van der Waals surface area (Å²) in [5.41, 5.74) is 1.72. The maximum Gasteiger partial charge on any atom is 0.246 e. The van der Waals surface area contributed by atoms with Crippen LogP contribution in [0.15, 0.2) is 53.4 Å². The van der Waals surface area contributed by atoms with Crippen molar-refractivity contribution in [3.05, 3.63) is 59.7 Å². The number of rotatable bonds is 9. The second-order valence-electron chi connectivity index (χ2n) is 7.32. The Morgan fingerprint density at radius 3 is 2.22 bits per heavy atom. The summed E-state index contributed by atoms with van der Waals surface area (Å²) in [7, 11) is -3.49. The van der Waals surface area contributed by atoms with E-state index in [1.807, 2.05) is 39.0 Å². The molecule has 7 nitrogen and oxygen atoms in total. The predicted octanol–water partition coefficient (Wildman–Crippen LogP) is 3.55. The Labute approximate surface area is 190 Å². The van der Waals surface area contributed by atoms with Crippen molar-refractivity contribution in [3.8, 4) is 11.5 Å². The van der Waals surface area contributed by atoms with E-state index in [4.69, 9.17) is 9.47 Å². The van der Waals surface area contributed by atoms with Crippen molar-refractivity contribution in [2.75, 3.05) is 32.8 Å². The van der Waals surface area contributed by atoms with Gasteiger partial charge in [0.1, 0.15) is 13.2 Å². The summed E-state index contributed by atoms with van der Waals surface area (Å²) in [5.74, 6) is 1.30. The number of hydrogen-bond donors (Lipinski definition) is 0. The van der Waals surface area contributed by atoms with Crippen LogP contribution in [0.3, 0.4) is 0 Å². The van der Waals surface area contributed by atoms with E-state index in [1.54, 1.807) is 35.2 Å². The molecule has 0 saturated heterocycles. The topological polar surface area (TPSA) is 76.1 Å². The SMILES string of the molecule is CCN(Cc1ccc2c(c1)OCCO2)C(=O)/C=C/c1ccc(S(=O)(=O)N(CC)CC)cc1. The lowest BCUT2D eigenvalue weighted by Crippen LogP contribution is -2.30. The van der Waals surface area contributed by atoms with Crippen LogP contribution in [0.2, 0.25) is 0 Å². The van der Waals surface area contributed by atoms with E-state index in [2.05, 4.69) is 0 Å². The molecule has 0 saturated carbocycles. The second kappa shape index (κ2) is 10.7. The van der Waals surface area contributed by atoms with Crippen molar-refractivity contribution < 1.29 is 22.7 Å². The van der Waals surface area contributed by atoms with Gasteiger partial charge >= 0.3 is 0 Å². The van der Waals surface area contributed by atoms with Gasteiger partial charge in [0.2, 0.25) is 15.9 Å². The molecule has 2 aromatic rings. The molecule has 2 aromatic carbocycles. The first-order valence-corrected chi connectivity index (χ1v) is 12.3. The van der Waals surface area contributed by atoms with E-state index in [0.29, 0.717) is 45.1 Å². The summed E-state index contributed by atoms with van der Waals surface area (Å²) in [6.45, 7) is 8.47. The fourth-order valence-electron chi connectivity index (χ4n) is 3.49. The van der Waals surface area contributed by atoms with Crippen LogP contribution < -0.4 is 9.47 Å².